The molecule has 1 fully saturated rings. The van der Waals surface area contributed by atoms with Gasteiger partial charge in [0.05, 0.1) is 16.6 Å². The number of carbonyl (C=O) groups is 1. The molecule has 28 heavy (non-hydrogen) atoms. The van der Waals surface area contributed by atoms with E-state index in [1.54, 1.807) is 12.1 Å². The summed E-state index contributed by atoms with van der Waals surface area (Å²) in [6.07, 6.45) is 1.84. The molecule has 0 saturated carbocycles. The highest BCUT2D eigenvalue weighted by atomic mass is 32.1. The minimum atomic E-state index is -0.263. The van der Waals surface area contributed by atoms with Crippen LogP contribution in [-0.2, 0) is 11.3 Å². The standard InChI is InChI=1S/C21H21FN4OS/c1-14-20(28-25-24-14)13-26-11-3-6-19(26)21(27)23-18-5-2-4-16(12-18)15-7-9-17(22)10-8-15/h2,4-5,7-10,12,19H,3,6,11,13H2,1H3,(H,23,27)/t19-/m0/s1. The maximum absolute atomic E-state index is 13.2. The van der Waals surface area contributed by atoms with E-state index in [0.29, 0.717) is 6.54 Å². The van der Waals surface area contributed by atoms with Gasteiger partial charge >= 0.3 is 0 Å². The van der Waals surface area contributed by atoms with Crippen molar-refractivity contribution in [2.24, 2.45) is 0 Å². The first-order valence-electron chi connectivity index (χ1n) is 9.29. The fraction of sp³-hybridized carbons (Fsp3) is 0.286. The quantitative estimate of drug-likeness (QED) is 0.700. The van der Waals surface area contributed by atoms with Crippen LogP contribution in [0.4, 0.5) is 10.1 Å². The van der Waals surface area contributed by atoms with Crippen molar-refractivity contribution in [3.8, 4) is 11.1 Å². The zero-order valence-corrected chi connectivity index (χ0v) is 16.4. The second-order valence-corrected chi connectivity index (χ2v) is 7.83. The van der Waals surface area contributed by atoms with Gasteiger partial charge in [-0.3, -0.25) is 9.69 Å². The number of aromatic nitrogens is 2. The Hall–Kier alpha value is -2.64. The molecule has 0 aliphatic carbocycles. The number of carbonyl (C=O) groups excluding carboxylic acids is 1. The van der Waals surface area contributed by atoms with Crippen LogP contribution < -0.4 is 5.32 Å². The molecule has 0 radical (unpaired) electrons. The van der Waals surface area contributed by atoms with Gasteiger partial charge < -0.3 is 5.32 Å². The van der Waals surface area contributed by atoms with Crippen LogP contribution in [-0.4, -0.2) is 33.0 Å². The smallest absolute Gasteiger partial charge is 0.241 e. The number of halogens is 1. The van der Waals surface area contributed by atoms with E-state index in [-0.39, 0.29) is 17.8 Å². The Morgan fingerprint density at radius 3 is 2.82 bits per heavy atom. The second-order valence-electron chi connectivity index (χ2n) is 6.99. The second kappa shape index (κ2) is 8.16. The largest absolute Gasteiger partial charge is 0.325 e. The molecule has 3 aromatic rings. The van der Waals surface area contributed by atoms with Crippen molar-refractivity contribution < 1.29 is 9.18 Å². The summed E-state index contributed by atoms with van der Waals surface area (Å²) < 4.78 is 17.1. The number of nitrogens with one attached hydrogen (secondary N) is 1. The fourth-order valence-electron chi connectivity index (χ4n) is 3.54. The van der Waals surface area contributed by atoms with E-state index in [0.717, 1.165) is 46.8 Å². The average Bonchev–Trinajstić information content (AvgIpc) is 3.32. The van der Waals surface area contributed by atoms with Gasteiger partial charge in [-0.2, -0.15) is 0 Å². The molecule has 0 bridgehead atoms. The lowest BCUT2D eigenvalue weighted by molar-refractivity contribution is -0.120. The van der Waals surface area contributed by atoms with E-state index in [2.05, 4.69) is 19.8 Å². The molecule has 1 N–H and O–H groups in total. The summed E-state index contributed by atoms with van der Waals surface area (Å²) in [5, 5.41) is 7.11. The van der Waals surface area contributed by atoms with Gasteiger partial charge in [0.2, 0.25) is 5.91 Å². The highest BCUT2D eigenvalue weighted by Crippen LogP contribution is 2.26. The van der Waals surface area contributed by atoms with E-state index < -0.39 is 0 Å². The Bertz CT molecular complexity index is 973. The molecule has 0 unspecified atom stereocenters. The van der Waals surface area contributed by atoms with E-state index in [1.807, 2.05) is 31.2 Å². The molecule has 2 aromatic carbocycles. The predicted octanol–water partition coefficient (Wildman–Crippen LogP) is 4.26. The third-order valence-corrected chi connectivity index (χ3v) is 5.87. The van der Waals surface area contributed by atoms with Gasteiger partial charge in [-0.05, 0) is 73.2 Å². The Balaban J connectivity index is 1.46. The third kappa shape index (κ3) is 4.10. The number of nitrogens with zero attached hydrogens (tertiary/aromatic N) is 3. The number of hydrogen-bond donors (Lipinski definition) is 1. The lowest BCUT2D eigenvalue weighted by Gasteiger charge is -2.23. The highest BCUT2D eigenvalue weighted by Gasteiger charge is 2.31. The monoisotopic (exact) mass is 396 g/mol. The number of anilines is 1. The molecular weight excluding hydrogens is 375 g/mol. The lowest BCUT2D eigenvalue weighted by Crippen LogP contribution is -2.39. The lowest BCUT2D eigenvalue weighted by atomic mass is 10.0. The molecule has 1 atom stereocenters. The zero-order chi connectivity index (χ0) is 19.5. The van der Waals surface area contributed by atoms with Crippen LogP contribution in [0.25, 0.3) is 11.1 Å². The summed E-state index contributed by atoms with van der Waals surface area (Å²) in [6.45, 7) is 3.55. The molecule has 1 aromatic heterocycles. The summed E-state index contributed by atoms with van der Waals surface area (Å²) in [5.41, 5.74) is 3.53. The molecule has 144 valence electrons. The highest BCUT2D eigenvalue weighted by molar-refractivity contribution is 7.05. The molecule has 1 aliphatic heterocycles. The molecule has 2 heterocycles. The topological polar surface area (TPSA) is 58.1 Å². The molecule has 7 heteroatoms. The van der Waals surface area contributed by atoms with Gasteiger partial charge in [-0.1, -0.05) is 28.8 Å². The number of benzene rings is 2. The van der Waals surface area contributed by atoms with Crippen LogP contribution in [0.1, 0.15) is 23.4 Å². The van der Waals surface area contributed by atoms with Gasteiger partial charge in [0.15, 0.2) is 0 Å². The number of likely N-dealkylation sites (tertiary alicyclic amines) is 1. The molecule has 1 aliphatic rings. The molecular formula is C21H21FN4OS. The fourth-order valence-corrected chi connectivity index (χ4v) is 4.20. The van der Waals surface area contributed by atoms with Crippen LogP contribution in [0.2, 0.25) is 0 Å². The molecule has 4 rings (SSSR count). The summed E-state index contributed by atoms with van der Waals surface area (Å²) in [7, 11) is 0. The maximum atomic E-state index is 13.2. The van der Waals surface area contributed by atoms with Crippen LogP contribution in [0.15, 0.2) is 48.5 Å². The van der Waals surface area contributed by atoms with Crippen LogP contribution in [0.3, 0.4) is 0 Å². The van der Waals surface area contributed by atoms with Gasteiger partial charge in [0.1, 0.15) is 5.82 Å². The van der Waals surface area contributed by atoms with Crippen LogP contribution in [0.5, 0.6) is 0 Å². The Morgan fingerprint density at radius 2 is 2.07 bits per heavy atom. The van der Waals surface area contributed by atoms with Gasteiger partial charge in [0.25, 0.3) is 0 Å². The van der Waals surface area contributed by atoms with Gasteiger partial charge in [-0.15, -0.1) is 5.10 Å². The Kier molecular flexibility index (Phi) is 5.45. The third-order valence-electron chi connectivity index (χ3n) is 5.07. The van der Waals surface area contributed by atoms with Crippen molar-refractivity contribution >= 4 is 23.1 Å². The first-order valence-corrected chi connectivity index (χ1v) is 10.1. The molecule has 1 saturated heterocycles. The number of amides is 1. The van der Waals surface area contributed by atoms with Gasteiger partial charge in [0, 0.05) is 12.2 Å². The van der Waals surface area contributed by atoms with Crippen LogP contribution >= 0.6 is 11.5 Å². The molecule has 0 spiro atoms. The minimum Gasteiger partial charge on any atom is -0.325 e. The van der Waals surface area contributed by atoms with E-state index >= 15 is 0 Å². The van der Waals surface area contributed by atoms with Crippen molar-refractivity contribution in [1.82, 2.24) is 14.5 Å². The molecule has 5 nitrogen and oxygen atoms in total. The normalized spacial score (nSPS) is 17.0. The zero-order valence-electron chi connectivity index (χ0n) is 15.6. The first-order chi connectivity index (χ1) is 13.6. The van der Waals surface area contributed by atoms with Crippen molar-refractivity contribution in [3.63, 3.8) is 0 Å². The van der Waals surface area contributed by atoms with Crippen molar-refractivity contribution in [1.29, 1.82) is 0 Å². The maximum Gasteiger partial charge on any atom is 0.241 e. The van der Waals surface area contributed by atoms with Crippen molar-refractivity contribution in [2.75, 3.05) is 11.9 Å². The van der Waals surface area contributed by atoms with E-state index in [9.17, 15) is 9.18 Å². The van der Waals surface area contributed by atoms with Gasteiger partial charge in [-0.25, -0.2) is 4.39 Å². The van der Waals surface area contributed by atoms with Crippen molar-refractivity contribution in [2.45, 2.75) is 32.4 Å². The first kappa shape index (κ1) is 18.7. The summed E-state index contributed by atoms with van der Waals surface area (Å²) in [6, 6.07) is 13.8. The summed E-state index contributed by atoms with van der Waals surface area (Å²) in [4.78, 5) is 16.2. The summed E-state index contributed by atoms with van der Waals surface area (Å²) >= 11 is 1.39. The predicted molar refractivity (Wildman–Crippen MR) is 109 cm³/mol. The minimum absolute atomic E-state index is 0.00360. The SMILES string of the molecule is Cc1nnsc1CN1CCC[C@H]1C(=O)Nc1cccc(-c2ccc(F)cc2)c1. The Morgan fingerprint density at radius 1 is 1.25 bits per heavy atom. The number of aryl methyl sites for hydroxylation is 1. The Labute approximate surface area is 167 Å². The number of hydrogen-bond acceptors (Lipinski definition) is 5. The summed E-state index contributed by atoms with van der Waals surface area (Å²) in [5.74, 6) is -0.259. The molecule has 1 amide bonds. The average molecular weight is 396 g/mol. The van der Waals surface area contributed by atoms with E-state index in [4.69, 9.17) is 0 Å². The number of rotatable bonds is 5. The van der Waals surface area contributed by atoms with E-state index in [1.165, 1.54) is 23.7 Å². The van der Waals surface area contributed by atoms with Crippen molar-refractivity contribution in [3.05, 3.63) is 64.9 Å². The van der Waals surface area contributed by atoms with Crippen LogP contribution in [0, 0.1) is 12.7 Å².